The van der Waals surface area contributed by atoms with Gasteiger partial charge in [-0.25, -0.2) is 4.39 Å². The second-order valence-corrected chi connectivity index (χ2v) is 5.32. The maximum absolute atomic E-state index is 12.0. The molecular formula is C24H32FNO3. The van der Waals surface area contributed by atoms with E-state index < -0.39 is 6.67 Å². The van der Waals surface area contributed by atoms with Gasteiger partial charge in [0.1, 0.15) is 19.0 Å². The summed E-state index contributed by atoms with van der Waals surface area (Å²) < 4.78 is 21.9. The molecule has 0 fully saturated rings. The summed E-state index contributed by atoms with van der Waals surface area (Å²) in [7, 11) is 3.55. The molecule has 0 atom stereocenters. The summed E-state index contributed by atoms with van der Waals surface area (Å²) in [6, 6.07) is 10.8. The van der Waals surface area contributed by atoms with Gasteiger partial charge in [-0.1, -0.05) is 36.4 Å². The topological polar surface area (TPSA) is 47.6 Å². The third kappa shape index (κ3) is 12.1. The van der Waals surface area contributed by atoms with Gasteiger partial charge in [0.05, 0.1) is 6.61 Å². The number of hydrogen-bond donors (Lipinski definition) is 1. The minimum atomic E-state index is -0.524. The highest BCUT2D eigenvalue weighted by Crippen LogP contribution is 2.27. The molecule has 29 heavy (non-hydrogen) atoms. The predicted molar refractivity (Wildman–Crippen MR) is 121 cm³/mol. The molecule has 1 N–H and O–H groups in total. The number of nitrogens with one attached hydrogen (secondary N) is 1. The molecule has 0 bridgehead atoms. The van der Waals surface area contributed by atoms with Crippen LogP contribution in [0.3, 0.4) is 0 Å². The summed E-state index contributed by atoms with van der Waals surface area (Å²) in [5.41, 5.74) is 1.83. The van der Waals surface area contributed by atoms with E-state index in [1.807, 2.05) is 51.2 Å². The van der Waals surface area contributed by atoms with Crippen molar-refractivity contribution in [3.63, 3.8) is 0 Å². The van der Waals surface area contributed by atoms with Crippen LogP contribution in [0.2, 0.25) is 0 Å². The Hall–Kier alpha value is -3.10. The van der Waals surface area contributed by atoms with Crippen LogP contribution in [0.15, 0.2) is 60.8 Å². The van der Waals surface area contributed by atoms with Crippen LogP contribution in [-0.4, -0.2) is 40.3 Å². The van der Waals surface area contributed by atoms with E-state index in [-0.39, 0.29) is 6.61 Å². The minimum Gasteiger partial charge on any atom is -0.490 e. The maximum Gasteiger partial charge on any atom is 0.150 e. The Morgan fingerprint density at radius 1 is 1.21 bits per heavy atom. The quantitative estimate of drug-likeness (QED) is 0.394. The van der Waals surface area contributed by atoms with Crippen LogP contribution >= 0.6 is 0 Å². The molecule has 0 radical (unpaired) electrons. The lowest BCUT2D eigenvalue weighted by atomic mass is 10.0. The number of aldehydes is 1. The molecule has 0 aliphatic carbocycles. The fourth-order valence-corrected chi connectivity index (χ4v) is 1.93. The molecule has 0 spiro atoms. The molecule has 0 unspecified atom stereocenters. The van der Waals surface area contributed by atoms with Gasteiger partial charge < -0.3 is 14.8 Å². The first-order chi connectivity index (χ1) is 14.1. The fraction of sp³-hybridized carbons (Fsp3) is 0.292. The zero-order valence-electron chi connectivity index (χ0n) is 17.8. The van der Waals surface area contributed by atoms with Crippen molar-refractivity contribution in [3.05, 3.63) is 66.4 Å². The first-order valence-electron chi connectivity index (χ1n) is 8.99. The Bertz CT molecular complexity index is 754. The molecule has 0 aliphatic rings. The summed E-state index contributed by atoms with van der Waals surface area (Å²) in [5.74, 6) is 0.610. The van der Waals surface area contributed by atoms with Crippen LogP contribution < -0.4 is 10.1 Å². The normalized spacial score (nSPS) is 9.41. The van der Waals surface area contributed by atoms with Crippen LogP contribution in [0, 0.1) is 12.8 Å². The summed E-state index contributed by atoms with van der Waals surface area (Å²) in [6.07, 6.45) is 12.5. The average molecular weight is 402 g/mol. The third-order valence-electron chi connectivity index (χ3n) is 3.49. The lowest BCUT2D eigenvalue weighted by Gasteiger charge is -2.08. The van der Waals surface area contributed by atoms with Gasteiger partial charge in [-0.05, 0) is 31.4 Å². The van der Waals surface area contributed by atoms with E-state index in [1.165, 1.54) is 5.70 Å². The first-order valence-corrected chi connectivity index (χ1v) is 8.99. The highest BCUT2D eigenvalue weighted by atomic mass is 19.1. The molecule has 5 heteroatoms. The minimum absolute atomic E-state index is 0.0322. The molecule has 0 heterocycles. The first kappa shape index (κ1) is 28.1. The van der Waals surface area contributed by atoms with E-state index in [2.05, 4.69) is 29.5 Å². The van der Waals surface area contributed by atoms with Crippen molar-refractivity contribution < 1.29 is 18.7 Å². The Morgan fingerprint density at radius 2 is 1.83 bits per heavy atom. The van der Waals surface area contributed by atoms with Gasteiger partial charge in [0.25, 0.3) is 0 Å². The van der Waals surface area contributed by atoms with Gasteiger partial charge in [-0.2, -0.15) is 0 Å². The van der Waals surface area contributed by atoms with E-state index in [4.69, 9.17) is 4.74 Å². The number of carbonyl (C=O) groups excluding carboxylic acids is 1. The van der Waals surface area contributed by atoms with Crippen molar-refractivity contribution >= 4 is 17.1 Å². The highest BCUT2D eigenvalue weighted by Gasteiger charge is 2.05. The Morgan fingerprint density at radius 3 is 2.21 bits per heavy atom. The number of alkyl halides is 1. The maximum atomic E-state index is 12.0. The van der Waals surface area contributed by atoms with Gasteiger partial charge in [-0.3, -0.25) is 4.79 Å². The largest absolute Gasteiger partial charge is 0.490 e. The predicted octanol–water partition coefficient (Wildman–Crippen LogP) is 5.20. The molecule has 2 aromatic rings. The zero-order chi connectivity index (χ0) is 22.5. The lowest BCUT2D eigenvalue weighted by molar-refractivity contribution is 0.112. The number of rotatable bonds is 7. The van der Waals surface area contributed by atoms with Crippen molar-refractivity contribution in [3.8, 4) is 18.6 Å². The average Bonchev–Trinajstić information content (AvgIpc) is 2.79. The second kappa shape index (κ2) is 19.7. The number of ether oxygens (including phenoxy) is 2. The molecule has 0 aliphatic heterocycles. The smallest absolute Gasteiger partial charge is 0.150 e. The summed E-state index contributed by atoms with van der Waals surface area (Å²) in [4.78, 5) is 10.8. The number of terminal acetylenes is 1. The molecule has 2 rings (SSSR count). The van der Waals surface area contributed by atoms with Crippen LogP contribution in [-0.2, 0) is 4.74 Å². The van der Waals surface area contributed by atoms with Crippen LogP contribution in [0.1, 0.15) is 24.2 Å². The van der Waals surface area contributed by atoms with Crippen LogP contribution in [0.5, 0.6) is 5.75 Å². The fourth-order valence-electron chi connectivity index (χ4n) is 1.93. The number of carbonyl (C=O) groups is 1. The van der Waals surface area contributed by atoms with Crippen LogP contribution in [0.25, 0.3) is 10.8 Å². The van der Waals surface area contributed by atoms with Gasteiger partial charge >= 0.3 is 0 Å². The molecule has 2 aromatic carbocycles. The van der Waals surface area contributed by atoms with Crippen molar-refractivity contribution in [1.29, 1.82) is 0 Å². The highest BCUT2D eigenvalue weighted by molar-refractivity contribution is 6.00. The molecule has 0 aromatic heterocycles. The van der Waals surface area contributed by atoms with E-state index in [0.29, 0.717) is 17.9 Å². The van der Waals surface area contributed by atoms with Crippen molar-refractivity contribution in [2.45, 2.75) is 13.8 Å². The van der Waals surface area contributed by atoms with E-state index in [9.17, 15) is 9.18 Å². The zero-order valence-corrected chi connectivity index (χ0v) is 17.8. The summed E-state index contributed by atoms with van der Waals surface area (Å²) in [6.45, 7) is 7.62. The van der Waals surface area contributed by atoms with E-state index >= 15 is 0 Å². The number of hydrogen-bond acceptors (Lipinski definition) is 4. The molecule has 0 amide bonds. The third-order valence-corrected chi connectivity index (χ3v) is 3.49. The number of fused-ring (bicyclic) bond motifs is 1. The van der Waals surface area contributed by atoms with Crippen molar-refractivity contribution in [1.82, 2.24) is 5.32 Å². The molecule has 158 valence electrons. The van der Waals surface area contributed by atoms with Gasteiger partial charge in [-0.15, -0.1) is 19.4 Å². The van der Waals surface area contributed by atoms with Crippen molar-refractivity contribution in [2.24, 2.45) is 0 Å². The van der Waals surface area contributed by atoms with E-state index in [0.717, 1.165) is 17.1 Å². The SMILES string of the molecule is C#C.C/C=C(\C)NC.C=CCOC.O=Cc1ccc(OCCF)c2ccccc12. The van der Waals surface area contributed by atoms with Gasteiger partial charge in [0.15, 0.2) is 6.29 Å². The lowest BCUT2D eigenvalue weighted by Crippen LogP contribution is -1.99. The Kier molecular flexibility index (Phi) is 19.1. The van der Waals surface area contributed by atoms with Gasteiger partial charge in [0, 0.05) is 30.8 Å². The van der Waals surface area contributed by atoms with Crippen molar-refractivity contribution in [2.75, 3.05) is 34.0 Å². The van der Waals surface area contributed by atoms with E-state index in [1.54, 1.807) is 25.3 Å². The number of halogens is 1. The summed E-state index contributed by atoms with van der Waals surface area (Å²) in [5, 5.41) is 4.64. The molecular weight excluding hydrogens is 369 g/mol. The molecule has 4 nitrogen and oxygen atoms in total. The Labute approximate surface area is 174 Å². The second-order valence-electron chi connectivity index (χ2n) is 5.32. The number of methoxy groups -OCH3 is 1. The molecule has 0 saturated carbocycles. The summed E-state index contributed by atoms with van der Waals surface area (Å²) >= 11 is 0. The molecule has 0 saturated heterocycles. The van der Waals surface area contributed by atoms with Crippen LogP contribution in [0.4, 0.5) is 4.39 Å². The Balaban J connectivity index is 0. The monoisotopic (exact) mass is 401 g/mol. The number of benzene rings is 2. The van der Waals surface area contributed by atoms with Gasteiger partial charge in [0.2, 0.25) is 0 Å². The number of allylic oxidation sites excluding steroid dienone is 2. The standard InChI is InChI=1S/C13H11FO2.C5H11N.C4H8O.C2H2/c14-7-8-16-13-6-5-10(9-15)11-3-1-2-4-12(11)13;1-4-5(2)6-3;1-3-4-5-2;1-2/h1-6,9H,7-8H2;4,6H,1-3H3;3H,1,4H2,2H3;1-2H/b;5-4+;;.